The molecule has 28 heavy (non-hydrogen) atoms. The van der Waals surface area contributed by atoms with Crippen LogP contribution < -0.4 is 16.2 Å². The molecule has 0 aliphatic rings. The summed E-state index contributed by atoms with van der Waals surface area (Å²) in [7, 11) is 0. The molecular formula is C17H20N8O3. The number of anilines is 1. The highest BCUT2D eigenvalue weighted by Crippen LogP contribution is 2.16. The van der Waals surface area contributed by atoms with Gasteiger partial charge in [-0.15, -0.1) is 10.2 Å². The molecule has 2 rings (SSSR count). The first-order valence-corrected chi connectivity index (χ1v) is 8.44. The Labute approximate surface area is 161 Å². The lowest BCUT2D eigenvalue weighted by atomic mass is 10.1. The van der Waals surface area contributed by atoms with E-state index in [4.69, 9.17) is 4.74 Å². The summed E-state index contributed by atoms with van der Waals surface area (Å²) >= 11 is 0. The quantitative estimate of drug-likeness (QED) is 0.414. The van der Waals surface area contributed by atoms with Gasteiger partial charge in [-0.3, -0.25) is 10.2 Å². The van der Waals surface area contributed by atoms with Crippen LogP contribution in [0.1, 0.15) is 36.5 Å². The zero-order valence-corrected chi connectivity index (χ0v) is 15.4. The van der Waals surface area contributed by atoms with Crippen LogP contribution in [0, 0.1) is 17.2 Å². The largest absolute Gasteiger partial charge is 0.448 e. The van der Waals surface area contributed by atoms with E-state index in [0.717, 1.165) is 6.42 Å². The number of allylic oxidation sites excluding steroid dienone is 1. The van der Waals surface area contributed by atoms with Gasteiger partial charge in [0.2, 0.25) is 5.82 Å². The smallest absolute Gasteiger partial charge is 0.426 e. The second kappa shape index (κ2) is 10.3. The summed E-state index contributed by atoms with van der Waals surface area (Å²) in [6, 6.07) is 8.49. The van der Waals surface area contributed by atoms with E-state index in [9.17, 15) is 14.9 Å². The van der Waals surface area contributed by atoms with Crippen LogP contribution in [0.4, 0.5) is 10.5 Å². The van der Waals surface area contributed by atoms with Gasteiger partial charge in [-0.25, -0.2) is 10.2 Å². The number of hydrogen-bond donors (Lipinski definition) is 4. The van der Waals surface area contributed by atoms with Crippen LogP contribution >= 0.6 is 0 Å². The molecule has 2 aromatic rings. The molecule has 0 fully saturated rings. The van der Waals surface area contributed by atoms with Gasteiger partial charge < -0.3 is 10.1 Å². The van der Waals surface area contributed by atoms with Crippen LogP contribution in [0.2, 0.25) is 0 Å². The number of carbonyl (C=O) groups is 2. The molecule has 0 bridgehead atoms. The van der Waals surface area contributed by atoms with Crippen LogP contribution in [-0.4, -0.2) is 39.2 Å². The molecule has 146 valence electrons. The fourth-order valence-corrected chi connectivity index (χ4v) is 1.98. The van der Waals surface area contributed by atoms with Crippen molar-refractivity contribution in [2.45, 2.75) is 20.3 Å². The minimum Gasteiger partial charge on any atom is -0.448 e. The predicted octanol–water partition coefficient (Wildman–Crippen LogP) is 1.59. The Kier molecular flexibility index (Phi) is 7.47. The summed E-state index contributed by atoms with van der Waals surface area (Å²) in [6.07, 6.45) is 1.33. The number of tetrazole rings is 1. The number of amides is 2. The first-order valence-electron chi connectivity index (χ1n) is 8.44. The van der Waals surface area contributed by atoms with E-state index in [2.05, 4.69) is 36.8 Å². The maximum Gasteiger partial charge on any atom is 0.426 e. The first-order chi connectivity index (χ1) is 13.5. The molecule has 1 aromatic carbocycles. The molecule has 1 aromatic heterocycles. The minimum atomic E-state index is -0.747. The lowest BCUT2D eigenvalue weighted by Crippen LogP contribution is -2.42. The Bertz CT molecular complexity index is 871. The Morgan fingerprint density at radius 3 is 2.79 bits per heavy atom. The number of H-pyrrole nitrogens is 1. The lowest BCUT2D eigenvalue weighted by Gasteiger charge is -2.11. The number of para-hydroxylation sites is 1. The molecule has 0 saturated carbocycles. The van der Waals surface area contributed by atoms with Crippen molar-refractivity contribution in [3.05, 3.63) is 41.9 Å². The average Bonchev–Trinajstić information content (AvgIpc) is 3.21. The van der Waals surface area contributed by atoms with E-state index < -0.39 is 12.0 Å². The zero-order valence-electron chi connectivity index (χ0n) is 15.4. The Morgan fingerprint density at radius 2 is 2.11 bits per heavy atom. The lowest BCUT2D eigenvalue weighted by molar-refractivity contribution is 0.0907. The molecule has 0 atom stereocenters. The zero-order chi connectivity index (χ0) is 20.4. The summed E-state index contributed by atoms with van der Waals surface area (Å²) in [6.45, 7) is 4.28. The van der Waals surface area contributed by atoms with Gasteiger partial charge in [0, 0.05) is 6.20 Å². The van der Waals surface area contributed by atoms with E-state index in [1.54, 1.807) is 24.3 Å². The van der Waals surface area contributed by atoms with Crippen molar-refractivity contribution < 1.29 is 14.3 Å². The summed E-state index contributed by atoms with van der Waals surface area (Å²) in [5.41, 5.74) is 5.24. The van der Waals surface area contributed by atoms with Gasteiger partial charge in [0.15, 0.2) is 0 Å². The fraction of sp³-hybridized carbons (Fsp3) is 0.294. The van der Waals surface area contributed by atoms with E-state index in [1.807, 2.05) is 19.9 Å². The van der Waals surface area contributed by atoms with E-state index in [1.165, 1.54) is 6.20 Å². The number of rotatable bonds is 7. The highest BCUT2D eigenvalue weighted by molar-refractivity contribution is 6.00. The molecule has 1 heterocycles. The number of aromatic nitrogens is 4. The number of nitrogens with zero attached hydrogens (tertiary/aromatic N) is 4. The highest BCUT2D eigenvalue weighted by atomic mass is 16.6. The number of aromatic amines is 1. The van der Waals surface area contributed by atoms with Crippen molar-refractivity contribution in [1.29, 1.82) is 5.26 Å². The molecule has 0 aliphatic carbocycles. The Hall–Kier alpha value is -3.94. The molecule has 0 aliphatic heterocycles. The second-order valence-corrected chi connectivity index (χ2v) is 5.99. The van der Waals surface area contributed by atoms with Crippen molar-refractivity contribution in [3.8, 4) is 6.07 Å². The molecular weight excluding hydrogens is 364 g/mol. The summed E-state index contributed by atoms with van der Waals surface area (Å²) in [5.74, 6) is -0.0442. The fourth-order valence-electron chi connectivity index (χ4n) is 1.98. The van der Waals surface area contributed by atoms with Crippen LogP contribution in [0.25, 0.3) is 5.57 Å². The number of nitriles is 1. The molecule has 4 N–H and O–H groups in total. The van der Waals surface area contributed by atoms with Crippen molar-refractivity contribution in [3.63, 3.8) is 0 Å². The minimum absolute atomic E-state index is 0.114. The average molecular weight is 384 g/mol. The van der Waals surface area contributed by atoms with Gasteiger partial charge >= 0.3 is 6.09 Å². The predicted molar refractivity (Wildman–Crippen MR) is 99.2 cm³/mol. The summed E-state index contributed by atoms with van der Waals surface area (Å²) in [5, 5.41) is 25.1. The standard InChI is InChI=1S/C17H20N8O3/c1-11(2)7-8-28-17(27)23-22-16(26)13-5-3-4-6-14(13)19-10-12(9-18)15-20-24-25-21-15/h3-6,10-11,19H,7-8H2,1-2H3,(H,22,26)(H,23,27)(H,20,21,24,25). The maximum atomic E-state index is 12.3. The second-order valence-electron chi connectivity index (χ2n) is 5.99. The van der Waals surface area contributed by atoms with Gasteiger partial charge in [-0.05, 0) is 29.7 Å². The number of benzene rings is 1. The van der Waals surface area contributed by atoms with Crippen molar-refractivity contribution in [2.24, 2.45) is 5.92 Å². The monoisotopic (exact) mass is 384 g/mol. The van der Waals surface area contributed by atoms with Crippen LogP contribution in [0.3, 0.4) is 0 Å². The Balaban J connectivity index is 1.98. The SMILES string of the molecule is CC(C)CCOC(=O)NNC(=O)c1ccccc1NC=C(C#N)c1nn[nH]n1. The molecule has 11 heteroatoms. The number of ether oxygens (including phenoxy) is 1. The number of hydrogen-bond acceptors (Lipinski definition) is 8. The molecule has 0 unspecified atom stereocenters. The summed E-state index contributed by atoms with van der Waals surface area (Å²) < 4.78 is 4.96. The van der Waals surface area contributed by atoms with Gasteiger partial charge in [0.05, 0.1) is 17.9 Å². The first kappa shape index (κ1) is 20.4. The van der Waals surface area contributed by atoms with Crippen LogP contribution in [-0.2, 0) is 4.74 Å². The van der Waals surface area contributed by atoms with E-state index >= 15 is 0 Å². The molecule has 11 nitrogen and oxygen atoms in total. The molecule has 2 amide bonds. The van der Waals surface area contributed by atoms with Crippen molar-refractivity contribution in [2.75, 3.05) is 11.9 Å². The van der Waals surface area contributed by atoms with Crippen LogP contribution in [0.15, 0.2) is 30.5 Å². The van der Waals surface area contributed by atoms with Gasteiger partial charge in [-0.1, -0.05) is 26.0 Å². The van der Waals surface area contributed by atoms with E-state index in [-0.39, 0.29) is 23.6 Å². The molecule has 0 saturated heterocycles. The van der Waals surface area contributed by atoms with Gasteiger partial charge in [-0.2, -0.15) is 10.5 Å². The number of nitrogens with one attached hydrogen (secondary N) is 4. The number of hydrazine groups is 1. The van der Waals surface area contributed by atoms with Crippen molar-refractivity contribution >= 4 is 23.3 Å². The Morgan fingerprint density at radius 1 is 1.32 bits per heavy atom. The third kappa shape index (κ3) is 6.10. The van der Waals surface area contributed by atoms with Gasteiger partial charge in [0.25, 0.3) is 5.91 Å². The molecule has 0 radical (unpaired) electrons. The van der Waals surface area contributed by atoms with E-state index in [0.29, 0.717) is 11.6 Å². The maximum absolute atomic E-state index is 12.3. The normalized spacial score (nSPS) is 10.9. The third-order valence-electron chi connectivity index (χ3n) is 3.46. The van der Waals surface area contributed by atoms with Gasteiger partial charge in [0.1, 0.15) is 11.6 Å². The third-order valence-corrected chi connectivity index (χ3v) is 3.46. The number of carbonyl (C=O) groups excluding carboxylic acids is 2. The highest BCUT2D eigenvalue weighted by Gasteiger charge is 2.13. The topological polar surface area (TPSA) is 158 Å². The molecule has 0 spiro atoms. The van der Waals surface area contributed by atoms with Crippen molar-refractivity contribution in [1.82, 2.24) is 31.5 Å². The van der Waals surface area contributed by atoms with Crippen LogP contribution in [0.5, 0.6) is 0 Å². The summed E-state index contributed by atoms with van der Waals surface area (Å²) in [4.78, 5) is 23.9.